The molecule has 0 spiro atoms. The highest BCUT2D eigenvalue weighted by Crippen LogP contribution is 2.37. The molecule has 0 saturated heterocycles. The Morgan fingerprint density at radius 3 is 2.95 bits per heavy atom. The van der Waals surface area contributed by atoms with Crippen LogP contribution in [0.4, 0.5) is 5.69 Å². The van der Waals surface area contributed by atoms with Crippen LogP contribution in [0.2, 0.25) is 0 Å². The molecule has 0 atom stereocenters. The van der Waals surface area contributed by atoms with E-state index < -0.39 is 0 Å². The summed E-state index contributed by atoms with van der Waals surface area (Å²) in [6, 6.07) is 8.03. The standard InChI is InChI=1S/C14H14N4OS2/c1-2-7-19-12-11(15)13(17-8-16-12)21-14-18-9-5-3-4-6-10(9)20-14/h3-6,8H,2,7,15H2,1H3. The van der Waals surface area contributed by atoms with Gasteiger partial charge in [0.1, 0.15) is 17.0 Å². The van der Waals surface area contributed by atoms with Gasteiger partial charge in [-0.05, 0) is 30.3 Å². The number of nitrogens with zero attached hydrogens (tertiary/aromatic N) is 3. The van der Waals surface area contributed by atoms with Crippen LogP contribution in [0.1, 0.15) is 13.3 Å². The Morgan fingerprint density at radius 1 is 1.29 bits per heavy atom. The Balaban J connectivity index is 1.87. The van der Waals surface area contributed by atoms with Gasteiger partial charge in [0.05, 0.1) is 16.8 Å². The van der Waals surface area contributed by atoms with Crippen LogP contribution in [0.15, 0.2) is 40.0 Å². The van der Waals surface area contributed by atoms with Crippen molar-refractivity contribution in [3.8, 4) is 5.88 Å². The smallest absolute Gasteiger partial charge is 0.241 e. The number of nitrogens with two attached hydrogens (primary N) is 1. The van der Waals surface area contributed by atoms with Crippen molar-refractivity contribution in [2.24, 2.45) is 0 Å². The summed E-state index contributed by atoms with van der Waals surface area (Å²) in [5.74, 6) is 0.440. The predicted molar refractivity (Wildman–Crippen MR) is 86.0 cm³/mol. The van der Waals surface area contributed by atoms with Gasteiger partial charge in [-0.2, -0.15) is 4.98 Å². The van der Waals surface area contributed by atoms with Crippen molar-refractivity contribution >= 4 is 39.0 Å². The second-order valence-electron chi connectivity index (χ2n) is 4.30. The zero-order valence-electron chi connectivity index (χ0n) is 11.4. The van der Waals surface area contributed by atoms with Gasteiger partial charge in [0.2, 0.25) is 5.88 Å². The molecule has 2 N–H and O–H groups in total. The summed E-state index contributed by atoms with van der Waals surface area (Å²) in [5.41, 5.74) is 7.53. The fourth-order valence-corrected chi connectivity index (χ4v) is 3.71. The summed E-state index contributed by atoms with van der Waals surface area (Å²) >= 11 is 3.06. The van der Waals surface area contributed by atoms with Crippen molar-refractivity contribution in [2.45, 2.75) is 22.7 Å². The molecule has 2 aromatic heterocycles. The molecule has 0 aliphatic carbocycles. The van der Waals surface area contributed by atoms with Crippen LogP contribution in [0.3, 0.4) is 0 Å². The number of aromatic nitrogens is 3. The molecule has 0 amide bonds. The van der Waals surface area contributed by atoms with Crippen molar-refractivity contribution in [1.29, 1.82) is 0 Å². The second-order valence-corrected chi connectivity index (χ2v) is 6.56. The topological polar surface area (TPSA) is 73.9 Å². The maximum absolute atomic E-state index is 6.07. The van der Waals surface area contributed by atoms with E-state index in [1.54, 1.807) is 11.3 Å². The number of hydrogen-bond acceptors (Lipinski definition) is 7. The third-order valence-electron chi connectivity index (χ3n) is 2.71. The third-order valence-corrected chi connectivity index (χ3v) is 4.83. The quantitative estimate of drug-likeness (QED) is 0.724. The van der Waals surface area contributed by atoms with E-state index in [1.807, 2.05) is 25.1 Å². The van der Waals surface area contributed by atoms with Crippen molar-refractivity contribution in [1.82, 2.24) is 15.0 Å². The number of benzene rings is 1. The highest BCUT2D eigenvalue weighted by atomic mass is 32.2. The number of nitrogen functional groups attached to an aromatic ring is 1. The van der Waals surface area contributed by atoms with Crippen LogP contribution < -0.4 is 10.5 Å². The number of ether oxygens (including phenoxy) is 1. The molecule has 3 aromatic rings. The number of anilines is 1. The molecule has 0 saturated carbocycles. The normalized spacial score (nSPS) is 10.9. The second kappa shape index (κ2) is 6.28. The van der Waals surface area contributed by atoms with Gasteiger partial charge in [0, 0.05) is 0 Å². The Kier molecular flexibility index (Phi) is 4.21. The Bertz CT molecular complexity index is 727. The fraction of sp³-hybridized carbons (Fsp3) is 0.214. The fourth-order valence-electron chi connectivity index (χ4n) is 1.74. The van der Waals surface area contributed by atoms with Crippen molar-refractivity contribution < 1.29 is 4.74 Å². The van der Waals surface area contributed by atoms with Gasteiger partial charge in [-0.3, -0.25) is 0 Å². The Hall–Kier alpha value is -1.86. The van der Waals surface area contributed by atoms with Crippen molar-refractivity contribution in [2.75, 3.05) is 12.3 Å². The molecule has 1 aromatic carbocycles. The van der Waals surface area contributed by atoms with E-state index in [4.69, 9.17) is 10.5 Å². The molecule has 21 heavy (non-hydrogen) atoms. The predicted octanol–water partition coefficient (Wildman–Crippen LogP) is 3.61. The SMILES string of the molecule is CCCOc1ncnc(Sc2nc3ccccc3s2)c1N. The molecule has 0 aliphatic heterocycles. The van der Waals surface area contributed by atoms with Crippen LogP contribution in [0.5, 0.6) is 5.88 Å². The first-order chi connectivity index (χ1) is 10.3. The van der Waals surface area contributed by atoms with E-state index in [1.165, 1.54) is 18.1 Å². The van der Waals surface area contributed by atoms with Crippen LogP contribution >= 0.6 is 23.1 Å². The zero-order chi connectivity index (χ0) is 14.7. The molecule has 5 nitrogen and oxygen atoms in total. The lowest BCUT2D eigenvalue weighted by Gasteiger charge is -2.08. The molecule has 0 aliphatic rings. The monoisotopic (exact) mass is 318 g/mol. The lowest BCUT2D eigenvalue weighted by atomic mass is 10.3. The first-order valence-corrected chi connectivity index (χ1v) is 8.18. The average Bonchev–Trinajstić information content (AvgIpc) is 2.90. The van der Waals surface area contributed by atoms with Gasteiger partial charge in [-0.25, -0.2) is 9.97 Å². The first-order valence-electron chi connectivity index (χ1n) is 6.54. The minimum Gasteiger partial charge on any atom is -0.476 e. The zero-order valence-corrected chi connectivity index (χ0v) is 13.1. The minimum absolute atomic E-state index is 0.440. The van der Waals surface area contributed by atoms with Crippen molar-refractivity contribution in [3.05, 3.63) is 30.6 Å². The Labute approximate surface area is 130 Å². The van der Waals surface area contributed by atoms with Gasteiger partial charge in [0.15, 0.2) is 4.34 Å². The summed E-state index contributed by atoms with van der Waals surface area (Å²) in [4.78, 5) is 12.9. The van der Waals surface area contributed by atoms with Crippen LogP contribution in [0.25, 0.3) is 10.2 Å². The van der Waals surface area contributed by atoms with E-state index in [-0.39, 0.29) is 0 Å². The molecule has 0 fully saturated rings. The summed E-state index contributed by atoms with van der Waals surface area (Å²) in [6.45, 7) is 2.63. The number of rotatable bonds is 5. The number of hydrogen-bond donors (Lipinski definition) is 1. The minimum atomic E-state index is 0.440. The molecule has 7 heteroatoms. The van der Waals surface area contributed by atoms with Gasteiger partial charge in [-0.15, -0.1) is 11.3 Å². The van der Waals surface area contributed by atoms with Crippen molar-refractivity contribution in [3.63, 3.8) is 0 Å². The molecular weight excluding hydrogens is 304 g/mol. The first kappa shape index (κ1) is 14.1. The van der Waals surface area contributed by atoms with Gasteiger partial charge in [-0.1, -0.05) is 19.1 Å². The molecule has 0 radical (unpaired) electrons. The molecule has 0 bridgehead atoms. The summed E-state index contributed by atoms with van der Waals surface area (Å²) in [5, 5.41) is 0.676. The molecule has 3 rings (SSSR count). The largest absolute Gasteiger partial charge is 0.476 e. The third kappa shape index (κ3) is 3.08. The number of fused-ring (bicyclic) bond motifs is 1. The van der Waals surface area contributed by atoms with Gasteiger partial charge in [0.25, 0.3) is 0 Å². The van der Waals surface area contributed by atoms with Gasteiger partial charge < -0.3 is 10.5 Å². The van der Waals surface area contributed by atoms with E-state index in [2.05, 4.69) is 21.0 Å². The van der Waals surface area contributed by atoms with Crippen LogP contribution in [-0.2, 0) is 0 Å². The molecule has 108 valence electrons. The van der Waals surface area contributed by atoms with E-state index in [9.17, 15) is 0 Å². The summed E-state index contributed by atoms with van der Waals surface area (Å²) in [6.07, 6.45) is 2.38. The number of para-hydroxylation sites is 1. The summed E-state index contributed by atoms with van der Waals surface area (Å²) < 4.78 is 7.57. The number of thiazole rings is 1. The van der Waals surface area contributed by atoms with Gasteiger partial charge >= 0.3 is 0 Å². The lowest BCUT2D eigenvalue weighted by Crippen LogP contribution is -2.03. The van der Waals surface area contributed by atoms with E-state index in [0.717, 1.165) is 21.0 Å². The molecule has 0 unspecified atom stereocenters. The molecule has 2 heterocycles. The van der Waals surface area contributed by atoms with Crippen LogP contribution in [-0.4, -0.2) is 21.6 Å². The highest BCUT2D eigenvalue weighted by Gasteiger charge is 2.13. The van der Waals surface area contributed by atoms with E-state index in [0.29, 0.717) is 23.2 Å². The lowest BCUT2D eigenvalue weighted by molar-refractivity contribution is 0.305. The Morgan fingerprint density at radius 2 is 2.14 bits per heavy atom. The maximum Gasteiger partial charge on any atom is 0.241 e. The highest BCUT2D eigenvalue weighted by molar-refractivity contribution is 8.01. The molecular formula is C14H14N4OS2. The summed E-state index contributed by atoms with van der Waals surface area (Å²) in [7, 11) is 0. The van der Waals surface area contributed by atoms with Crippen LogP contribution in [0, 0.1) is 0 Å². The average molecular weight is 318 g/mol. The maximum atomic E-state index is 6.07. The van der Waals surface area contributed by atoms with E-state index >= 15 is 0 Å².